The second-order valence-electron chi connectivity index (χ2n) is 8.07. The molecule has 0 saturated heterocycles. The lowest BCUT2D eigenvalue weighted by Gasteiger charge is -2.26. The first-order valence-electron chi connectivity index (χ1n) is 10.4. The summed E-state index contributed by atoms with van der Waals surface area (Å²) in [6.07, 6.45) is 10.1. The van der Waals surface area contributed by atoms with E-state index < -0.39 is 0 Å². The molecule has 0 aromatic heterocycles. The van der Waals surface area contributed by atoms with Crippen LogP contribution in [0.1, 0.15) is 51.0 Å². The largest absolute Gasteiger partial charge is 0.493 e. The fraction of sp³-hybridized carbons (Fsp3) is 0.609. The summed E-state index contributed by atoms with van der Waals surface area (Å²) in [6.45, 7) is 4.01. The molecule has 29 heavy (non-hydrogen) atoms. The minimum absolute atomic E-state index is 0. The van der Waals surface area contributed by atoms with Gasteiger partial charge in [-0.3, -0.25) is 4.79 Å². The molecule has 6 heteroatoms. The predicted molar refractivity (Wildman–Crippen MR) is 122 cm³/mol. The Labute approximate surface area is 182 Å². The molecule has 5 nitrogen and oxygen atoms in total. The predicted octanol–water partition coefficient (Wildman–Crippen LogP) is 4.55. The molecule has 1 aromatic rings. The Morgan fingerprint density at radius 2 is 1.90 bits per heavy atom. The molecular weight excluding hydrogens is 388 g/mol. The second kappa shape index (κ2) is 13.5. The zero-order valence-corrected chi connectivity index (χ0v) is 19.1. The smallest absolute Gasteiger partial charge is 0.244 e. The van der Waals surface area contributed by atoms with Crippen LogP contribution in [0.4, 0.5) is 0 Å². The van der Waals surface area contributed by atoms with E-state index in [0.717, 1.165) is 49.5 Å². The standard InChI is InChI=1S/C23H36N2O3.ClH/c1-18-7-11-20(12-8-18)24-23(26)14-10-19-9-13-21(22(17-19)27-4)28-16-6-5-15-25(2)3;/h9-10,13-14,17-18,20H,5-8,11-12,15-16H2,1-4H3,(H,24,26);1H/b14-10+;. The Hall–Kier alpha value is -1.72. The van der Waals surface area contributed by atoms with Gasteiger partial charge in [0.1, 0.15) is 0 Å². The van der Waals surface area contributed by atoms with E-state index in [-0.39, 0.29) is 18.3 Å². The van der Waals surface area contributed by atoms with Crippen LogP contribution in [0.3, 0.4) is 0 Å². The molecule has 0 heterocycles. The molecule has 2 rings (SSSR count). The molecule has 1 saturated carbocycles. The van der Waals surface area contributed by atoms with Gasteiger partial charge >= 0.3 is 0 Å². The fourth-order valence-electron chi connectivity index (χ4n) is 3.44. The molecule has 1 fully saturated rings. The van der Waals surface area contributed by atoms with E-state index >= 15 is 0 Å². The number of unbranched alkanes of at least 4 members (excludes halogenated alkanes) is 1. The van der Waals surface area contributed by atoms with E-state index in [1.54, 1.807) is 13.2 Å². The highest BCUT2D eigenvalue weighted by Gasteiger charge is 2.18. The Morgan fingerprint density at radius 3 is 2.55 bits per heavy atom. The maximum Gasteiger partial charge on any atom is 0.244 e. The SMILES string of the molecule is COc1cc(/C=C/C(=O)NC2CCC(C)CC2)ccc1OCCCCN(C)C.Cl. The lowest BCUT2D eigenvalue weighted by atomic mass is 9.87. The maximum absolute atomic E-state index is 12.2. The quantitative estimate of drug-likeness (QED) is 0.442. The van der Waals surface area contributed by atoms with Gasteiger partial charge in [-0.05, 0) is 88.9 Å². The zero-order chi connectivity index (χ0) is 20.4. The third kappa shape index (κ3) is 9.55. The Kier molecular flexibility index (Phi) is 11.8. The number of rotatable bonds is 10. The molecule has 1 aromatic carbocycles. The van der Waals surface area contributed by atoms with Gasteiger partial charge in [0.05, 0.1) is 13.7 Å². The van der Waals surface area contributed by atoms with Gasteiger partial charge in [-0.2, -0.15) is 0 Å². The summed E-state index contributed by atoms with van der Waals surface area (Å²) in [5.74, 6) is 2.19. The average molecular weight is 425 g/mol. The number of benzene rings is 1. The molecule has 0 aliphatic heterocycles. The highest BCUT2D eigenvalue weighted by molar-refractivity contribution is 5.92. The second-order valence-corrected chi connectivity index (χ2v) is 8.07. The third-order valence-corrected chi connectivity index (χ3v) is 5.23. The molecule has 1 amide bonds. The highest BCUT2D eigenvalue weighted by atomic mass is 35.5. The Balaban J connectivity index is 0.00000420. The molecule has 1 aliphatic rings. The summed E-state index contributed by atoms with van der Waals surface area (Å²) in [6, 6.07) is 6.07. The van der Waals surface area contributed by atoms with Gasteiger partial charge in [0, 0.05) is 12.1 Å². The van der Waals surface area contributed by atoms with E-state index in [9.17, 15) is 4.79 Å². The van der Waals surface area contributed by atoms with Crippen LogP contribution in [0.15, 0.2) is 24.3 Å². The van der Waals surface area contributed by atoms with Crippen molar-refractivity contribution >= 4 is 24.4 Å². The monoisotopic (exact) mass is 424 g/mol. The van der Waals surface area contributed by atoms with E-state index in [0.29, 0.717) is 18.4 Å². The van der Waals surface area contributed by atoms with Crippen molar-refractivity contribution in [2.45, 2.75) is 51.5 Å². The van der Waals surface area contributed by atoms with E-state index in [4.69, 9.17) is 9.47 Å². The van der Waals surface area contributed by atoms with Crippen LogP contribution in [-0.2, 0) is 4.79 Å². The molecule has 0 spiro atoms. The first kappa shape index (κ1) is 25.3. The number of carbonyl (C=O) groups is 1. The molecule has 0 bridgehead atoms. The van der Waals surface area contributed by atoms with Crippen LogP contribution in [-0.4, -0.2) is 51.2 Å². The van der Waals surface area contributed by atoms with Crippen LogP contribution < -0.4 is 14.8 Å². The van der Waals surface area contributed by atoms with Crippen molar-refractivity contribution in [3.8, 4) is 11.5 Å². The van der Waals surface area contributed by atoms with Gasteiger partial charge in [0.25, 0.3) is 0 Å². The average Bonchev–Trinajstić information content (AvgIpc) is 2.68. The summed E-state index contributed by atoms with van der Waals surface area (Å²) >= 11 is 0. The van der Waals surface area contributed by atoms with Crippen LogP contribution >= 0.6 is 12.4 Å². The lowest BCUT2D eigenvalue weighted by Crippen LogP contribution is -2.36. The lowest BCUT2D eigenvalue weighted by molar-refractivity contribution is -0.117. The number of nitrogens with one attached hydrogen (secondary N) is 1. The minimum Gasteiger partial charge on any atom is -0.493 e. The number of amides is 1. The normalized spacial score (nSPS) is 19.1. The van der Waals surface area contributed by atoms with Crippen molar-refractivity contribution in [1.82, 2.24) is 10.2 Å². The molecular formula is C23H37ClN2O3. The van der Waals surface area contributed by atoms with Crippen molar-refractivity contribution in [2.24, 2.45) is 5.92 Å². The number of ether oxygens (including phenoxy) is 2. The summed E-state index contributed by atoms with van der Waals surface area (Å²) < 4.78 is 11.3. The Morgan fingerprint density at radius 1 is 1.17 bits per heavy atom. The summed E-state index contributed by atoms with van der Waals surface area (Å²) in [4.78, 5) is 14.4. The van der Waals surface area contributed by atoms with Gasteiger partial charge in [0.15, 0.2) is 11.5 Å². The molecule has 164 valence electrons. The van der Waals surface area contributed by atoms with Crippen molar-refractivity contribution in [1.29, 1.82) is 0 Å². The minimum atomic E-state index is -0.0280. The zero-order valence-electron chi connectivity index (χ0n) is 18.3. The number of nitrogens with zero attached hydrogens (tertiary/aromatic N) is 1. The highest BCUT2D eigenvalue weighted by Crippen LogP contribution is 2.29. The van der Waals surface area contributed by atoms with Crippen molar-refractivity contribution in [3.05, 3.63) is 29.8 Å². The summed E-state index contributed by atoms with van der Waals surface area (Å²) in [5.41, 5.74) is 0.921. The van der Waals surface area contributed by atoms with Gasteiger partial charge < -0.3 is 19.7 Å². The number of methoxy groups -OCH3 is 1. The van der Waals surface area contributed by atoms with E-state index in [2.05, 4.69) is 31.2 Å². The topological polar surface area (TPSA) is 50.8 Å². The maximum atomic E-state index is 12.2. The number of hydrogen-bond donors (Lipinski definition) is 1. The molecule has 1 N–H and O–H groups in total. The molecule has 1 aliphatic carbocycles. The third-order valence-electron chi connectivity index (χ3n) is 5.23. The van der Waals surface area contributed by atoms with Crippen molar-refractivity contribution in [2.75, 3.05) is 34.4 Å². The number of carbonyl (C=O) groups excluding carboxylic acids is 1. The van der Waals surface area contributed by atoms with Crippen LogP contribution in [0, 0.1) is 5.92 Å². The van der Waals surface area contributed by atoms with Gasteiger partial charge in [0.2, 0.25) is 5.91 Å². The fourth-order valence-corrected chi connectivity index (χ4v) is 3.44. The van der Waals surface area contributed by atoms with Gasteiger partial charge in [-0.25, -0.2) is 0 Å². The van der Waals surface area contributed by atoms with Crippen LogP contribution in [0.5, 0.6) is 11.5 Å². The molecule has 0 atom stereocenters. The van der Waals surface area contributed by atoms with E-state index in [1.165, 1.54) is 12.8 Å². The van der Waals surface area contributed by atoms with Gasteiger partial charge in [-0.1, -0.05) is 13.0 Å². The van der Waals surface area contributed by atoms with Crippen LogP contribution in [0.25, 0.3) is 6.08 Å². The first-order chi connectivity index (χ1) is 13.5. The molecule has 0 unspecified atom stereocenters. The van der Waals surface area contributed by atoms with Crippen molar-refractivity contribution < 1.29 is 14.3 Å². The summed E-state index contributed by atoms with van der Waals surface area (Å²) in [7, 11) is 5.79. The summed E-state index contributed by atoms with van der Waals surface area (Å²) in [5, 5.41) is 3.11. The van der Waals surface area contributed by atoms with Crippen LogP contribution in [0.2, 0.25) is 0 Å². The number of hydrogen-bond acceptors (Lipinski definition) is 4. The Bertz CT molecular complexity index is 641. The van der Waals surface area contributed by atoms with Gasteiger partial charge in [-0.15, -0.1) is 12.4 Å². The van der Waals surface area contributed by atoms with E-state index in [1.807, 2.05) is 24.3 Å². The van der Waals surface area contributed by atoms with Crippen molar-refractivity contribution in [3.63, 3.8) is 0 Å². The number of halogens is 1. The molecule has 0 radical (unpaired) electrons. The first-order valence-corrected chi connectivity index (χ1v) is 10.4.